The maximum atomic E-state index is 10.0. The van der Waals surface area contributed by atoms with E-state index in [1.807, 2.05) is 54.6 Å². The van der Waals surface area contributed by atoms with E-state index in [0.717, 1.165) is 27.6 Å². The average Bonchev–Trinajstić information content (AvgIpc) is 2.53. The number of hydrogen-bond donors (Lipinski definition) is 1. The third kappa shape index (κ3) is 2.57. The molecule has 3 nitrogen and oxygen atoms in total. The van der Waals surface area contributed by atoms with Crippen LogP contribution in [0.3, 0.4) is 0 Å². The van der Waals surface area contributed by atoms with Crippen LogP contribution >= 0.6 is 0 Å². The van der Waals surface area contributed by atoms with Crippen LogP contribution in [0.4, 0.5) is 0 Å². The Morgan fingerprint density at radius 1 is 1.05 bits per heavy atom. The number of hydrogen-bond acceptors (Lipinski definition) is 3. The maximum Gasteiger partial charge on any atom is 0.149 e. The molecule has 0 saturated carbocycles. The van der Waals surface area contributed by atoms with Crippen molar-refractivity contribution >= 4 is 10.9 Å². The van der Waals surface area contributed by atoms with Crippen LogP contribution in [-0.4, -0.2) is 10.1 Å². The monoisotopic (exact) mass is 288 g/mol. The molecule has 1 aromatic heterocycles. The maximum absolute atomic E-state index is 10.0. The van der Waals surface area contributed by atoms with E-state index in [2.05, 4.69) is 11.1 Å². The summed E-state index contributed by atoms with van der Waals surface area (Å²) in [6, 6.07) is 19.5. The highest BCUT2D eigenvalue weighted by molar-refractivity contribution is 5.86. The molecule has 0 saturated heterocycles. The molecule has 1 N–H and O–H groups in total. The van der Waals surface area contributed by atoms with E-state index in [1.165, 1.54) is 0 Å². The zero-order chi connectivity index (χ0) is 15.7. The van der Waals surface area contributed by atoms with Crippen LogP contribution in [0.25, 0.3) is 22.0 Å². The first-order valence-corrected chi connectivity index (χ1v) is 7.12. The molecule has 108 valence electrons. The van der Waals surface area contributed by atoms with Gasteiger partial charge in [0.05, 0.1) is 11.1 Å². The molecule has 0 fully saturated rings. The van der Waals surface area contributed by atoms with Crippen LogP contribution in [0.5, 0.6) is 0 Å². The number of pyridine rings is 1. The van der Waals surface area contributed by atoms with Crippen molar-refractivity contribution in [2.75, 3.05) is 0 Å². The molecule has 0 aliphatic carbocycles. The molecule has 0 aliphatic heterocycles. The van der Waals surface area contributed by atoms with Crippen molar-refractivity contribution in [2.45, 2.75) is 19.4 Å². The van der Waals surface area contributed by atoms with Gasteiger partial charge < -0.3 is 5.11 Å². The van der Waals surface area contributed by atoms with Gasteiger partial charge in [-0.25, -0.2) is 4.98 Å². The molecule has 0 radical (unpaired) electrons. The Bertz CT molecular complexity index is 869. The van der Waals surface area contributed by atoms with Gasteiger partial charge in [-0.15, -0.1) is 0 Å². The van der Waals surface area contributed by atoms with Crippen LogP contribution in [0, 0.1) is 11.3 Å². The molecule has 2 aromatic carbocycles. The van der Waals surface area contributed by atoms with Gasteiger partial charge in [-0.1, -0.05) is 42.5 Å². The van der Waals surface area contributed by atoms with Crippen molar-refractivity contribution in [3.05, 3.63) is 65.9 Å². The van der Waals surface area contributed by atoms with Gasteiger partial charge >= 0.3 is 0 Å². The van der Waals surface area contributed by atoms with Crippen molar-refractivity contribution in [3.8, 4) is 17.2 Å². The first kappa shape index (κ1) is 14.2. The molecule has 0 aliphatic rings. The zero-order valence-electron chi connectivity index (χ0n) is 12.5. The molecule has 22 heavy (non-hydrogen) atoms. The number of nitriles is 1. The van der Waals surface area contributed by atoms with E-state index in [1.54, 1.807) is 13.8 Å². The van der Waals surface area contributed by atoms with E-state index in [0.29, 0.717) is 5.69 Å². The second-order valence-corrected chi connectivity index (χ2v) is 5.83. The topological polar surface area (TPSA) is 56.9 Å². The van der Waals surface area contributed by atoms with Gasteiger partial charge in [-0.2, -0.15) is 5.26 Å². The predicted octanol–water partition coefficient (Wildman–Crippen LogP) is 4.00. The molecule has 0 unspecified atom stereocenters. The first-order valence-electron chi connectivity index (χ1n) is 7.12. The van der Waals surface area contributed by atoms with E-state index in [9.17, 15) is 10.4 Å². The van der Waals surface area contributed by atoms with Gasteiger partial charge in [0.1, 0.15) is 11.8 Å². The lowest BCUT2D eigenvalue weighted by molar-refractivity contribution is 0.0786. The van der Waals surface area contributed by atoms with Gasteiger partial charge in [-0.3, -0.25) is 0 Å². The largest absolute Gasteiger partial charge is 0.386 e. The Kier molecular flexibility index (Phi) is 3.40. The summed E-state index contributed by atoms with van der Waals surface area (Å²) in [6.45, 7) is 3.50. The van der Waals surface area contributed by atoms with Crippen LogP contribution in [0.1, 0.15) is 25.1 Å². The third-order valence-electron chi connectivity index (χ3n) is 3.73. The summed E-state index contributed by atoms with van der Waals surface area (Å²) in [4.78, 5) is 4.43. The summed E-state index contributed by atoms with van der Waals surface area (Å²) in [6.07, 6.45) is 0. The number of para-hydroxylation sites is 1. The molecule has 0 amide bonds. The lowest BCUT2D eigenvalue weighted by atomic mass is 9.95. The Labute approximate surface area is 129 Å². The molecule has 1 heterocycles. The lowest BCUT2D eigenvalue weighted by Crippen LogP contribution is -2.14. The van der Waals surface area contributed by atoms with E-state index < -0.39 is 5.60 Å². The summed E-state index contributed by atoms with van der Waals surface area (Å²) in [5.41, 5.74) is 2.92. The fourth-order valence-corrected chi connectivity index (χ4v) is 2.48. The minimum absolute atomic E-state index is 0.412. The fourth-order valence-electron chi connectivity index (χ4n) is 2.48. The van der Waals surface area contributed by atoms with Crippen molar-refractivity contribution in [3.63, 3.8) is 0 Å². The Hall–Kier alpha value is -2.70. The highest BCUT2D eigenvalue weighted by Gasteiger charge is 2.16. The molecule has 3 heteroatoms. The SMILES string of the molecule is CC(C)(O)c1ccc(-c2cc3ccccc3nc2C#N)cc1. The van der Waals surface area contributed by atoms with Gasteiger partial charge in [0, 0.05) is 10.9 Å². The van der Waals surface area contributed by atoms with E-state index in [4.69, 9.17) is 0 Å². The summed E-state index contributed by atoms with van der Waals surface area (Å²) in [5, 5.41) is 20.4. The van der Waals surface area contributed by atoms with Gasteiger partial charge in [-0.05, 0) is 37.1 Å². The lowest BCUT2D eigenvalue weighted by Gasteiger charge is -2.18. The summed E-state index contributed by atoms with van der Waals surface area (Å²) >= 11 is 0. The standard InChI is InChI=1S/C19H16N2O/c1-19(2,22)15-9-7-13(8-10-15)16-11-14-5-3-4-6-17(14)21-18(16)12-20/h3-11,22H,1-2H3. The Morgan fingerprint density at radius 2 is 1.73 bits per heavy atom. The summed E-state index contributed by atoms with van der Waals surface area (Å²) < 4.78 is 0. The van der Waals surface area contributed by atoms with Crippen LogP contribution < -0.4 is 0 Å². The predicted molar refractivity (Wildman–Crippen MR) is 87.1 cm³/mol. The zero-order valence-corrected chi connectivity index (χ0v) is 12.5. The normalized spacial score (nSPS) is 11.4. The summed E-state index contributed by atoms with van der Waals surface area (Å²) in [7, 11) is 0. The second kappa shape index (κ2) is 5.25. The van der Waals surface area contributed by atoms with Crippen molar-refractivity contribution in [2.24, 2.45) is 0 Å². The fraction of sp³-hybridized carbons (Fsp3) is 0.158. The molecule has 3 aromatic rings. The minimum atomic E-state index is -0.877. The van der Waals surface area contributed by atoms with Gasteiger partial charge in [0.25, 0.3) is 0 Å². The smallest absolute Gasteiger partial charge is 0.149 e. The van der Waals surface area contributed by atoms with E-state index >= 15 is 0 Å². The van der Waals surface area contributed by atoms with Crippen LogP contribution in [0.15, 0.2) is 54.6 Å². The number of aliphatic hydroxyl groups is 1. The molecular formula is C19H16N2O. The molecule has 0 atom stereocenters. The minimum Gasteiger partial charge on any atom is -0.386 e. The highest BCUT2D eigenvalue weighted by Crippen LogP contribution is 2.28. The Balaban J connectivity index is 2.15. The molecule has 0 spiro atoms. The number of aromatic nitrogens is 1. The van der Waals surface area contributed by atoms with Crippen molar-refractivity contribution in [1.29, 1.82) is 5.26 Å². The number of benzene rings is 2. The number of nitrogens with zero attached hydrogens (tertiary/aromatic N) is 2. The van der Waals surface area contributed by atoms with Crippen LogP contribution in [0.2, 0.25) is 0 Å². The number of rotatable bonds is 2. The molecule has 3 rings (SSSR count). The second-order valence-electron chi connectivity index (χ2n) is 5.83. The van der Waals surface area contributed by atoms with E-state index in [-0.39, 0.29) is 0 Å². The third-order valence-corrected chi connectivity index (χ3v) is 3.73. The summed E-state index contributed by atoms with van der Waals surface area (Å²) in [5.74, 6) is 0. The van der Waals surface area contributed by atoms with Gasteiger partial charge in [0.15, 0.2) is 0 Å². The Morgan fingerprint density at radius 3 is 2.36 bits per heavy atom. The molecule has 0 bridgehead atoms. The van der Waals surface area contributed by atoms with Gasteiger partial charge in [0.2, 0.25) is 0 Å². The van der Waals surface area contributed by atoms with Crippen LogP contribution in [-0.2, 0) is 5.60 Å². The highest BCUT2D eigenvalue weighted by atomic mass is 16.3. The van der Waals surface area contributed by atoms with Crippen molar-refractivity contribution in [1.82, 2.24) is 4.98 Å². The van der Waals surface area contributed by atoms with Crippen molar-refractivity contribution < 1.29 is 5.11 Å². The first-order chi connectivity index (χ1) is 10.5. The molecular weight excluding hydrogens is 272 g/mol. The number of fused-ring (bicyclic) bond motifs is 1. The average molecular weight is 288 g/mol. The quantitative estimate of drug-likeness (QED) is 0.775.